The lowest BCUT2D eigenvalue weighted by Crippen LogP contribution is -2.49. The number of aromatic nitrogens is 3. The van der Waals surface area contributed by atoms with Crippen LogP contribution in [0.15, 0.2) is 18.3 Å². The average molecular weight is 502 g/mol. The van der Waals surface area contributed by atoms with Gasteiger partial charge in [0.2, 0.25) is 5.91 Å². The number of rotatable bonds is 5. The number of alkyl halides is 3. The predicted molar refractivity (Wildman–Crippen MR) is 136 cm³/mol. The number of nitrogens with zero attached hydrogens (tertiary/aromatic N) is 4. The van der Waals surface area contributed by atoms with E-state index in [0.717, 1.165) is 52.8 Å². The Kier molecular flexibility index (Phi) is 9.65. The van der Waals surface area contributed by atoms with Gasteiger partial charge < -0.3 is 10.2 Å². The Labute approximate surface area is 207 Å². The molecule has 3 heterocycles. The van der Waals surface area contributed by atoms with Crippen molar-refractivity contribution in [3.63, 3.8) is 0 Å². The Morgan fingerprint density at radius 2 is 1.85 bits per heavy atom. The van der Waals surface area contributed by atoms with E-state index in [1.807, 2.05) is 38.8 Å². The lowest BCUT2D eigenvalue weighted by molar-refractivity contribution is -0.144. The highest BCUT2D eigenvalue weighted by atomic mass is 32.1. The van der Waals surface area contributed by atoms with Crippen LogP contribution in [0.1, 0.15) is 58.6 Å². The van der Waals surface area contributed by atoms with Gasteiger partial charge in [0, 0.05) is 25.5 Å². The fraction of sp³-hybridized carbons (Fsp3) is 0.625. The number of nitrogens with one attached hydrogen (secondary N) is 1. The van der Waals surface area contributed by atoms with E-state index in [9.17, 15) is 18.0 Å². The van der Waals surface area contributed by atoms with Gasteiger partial charge in [0.1, 0.15) is 11.7 Å². The molecule has 1 N–H and O–H groups in total. The van der Waals surface area contributed by atoms with Crippen molar-refractivity contribution in [2.75, 3.05) is 17.3 Å². The largest absolute Gasteiger partial charge is 0.433 e. The number of pyridine rings is 1. The Morgan fingerprint density at radius 1 is 1.21 bits per heavy atom. The Balaban J connectivity index is 0.00000193. The zero-order chi connectivity index (χ0) is 22.5. The molecule has 1 fully saturated rings. The van der Waals surface area contributed by atoms with Crippen molar-refractivity contribution in [1.82, 2.24) is 14.8 Å². The first-order chi connectivity index (χ1) is 14.5. The topological polar surface area (TPSA) is 63.1 Å². The van der Waals surface area contributed by atoms with Gasteiger partial charge in [-0.15, -0.1) is 0 Å². The molecule has 0 saturated heterocycles. The van der Waals surface area contributed by atoms with Gasteiger partial charge in [0.15, 0.2) is 0 Å². The Morgan fingerprint density at radius 3 is 2.44 bits per heavy atom. The summed E-state index contributed by atoms with van der Waals surface area (Å²) in [5, 5.41) is 6.86. The molecular weight excluding hydrogens is 463 g/mol. The first-order valence-electron chi connectivity index (χ1n) is 10.7. The number of carbonyl (C=O) groups excluding carboxylic acids is 1. The number of likely N-dealkylation sites (N-methyl/N-ethyl adjacent to an activating group) is 1. The second kappa shape index (κ2) is 11.0. The highest BCUT2D eigenvalue weighted by molar-refractivity contribution is 7.59. The Hall–Kier alpha value is -2.23. The van der Waals surface area contributed by atoms with Crippen LogP contribution in [0.4, 0.5) is 24.5 Å². The molecule has 34 heavy (non-hydrogen) atoms. The van der Waals surface area contributed by atoms with Crippen LogP contribution in [0, 0.1) is 24.7 Å². The van der Waals surface area contributed by atoms with Gasteiger partial charge in [-0.3, -0.25) is 14.5 Å². The highest BCUT2D eigenvalue weighted by Crippen LogP contribution is 2.40. The molecule has 1 amide bonds. The van der Waals surface area contributed by atoms with Crippen molar-refractivity contribution in [2.45, 2.75) is 73.6 Å². The molecule has 0 unspecified atom stereocenters. The van der Waals surface area contributed by atoms with Crippen molar-refractivity contribution in [1.29, 1.82) is 0 Å². The van der Waals surface area contributed by atoms with Crippen LogP contribution < -0.4 is 10.2 Å². The second-order valence-electron chi connectivity index (χ2n) is 9.19. The van der Waals surface area contributed by atoms with Gasteiger partial charge in [0.25, 0.3) is 0 Å². The minimum Gasteiger partial charge on any atom is -0.361 e. The van der Waals surface area contributed by atoms with E-state index in [-0.39, 0.29) is 52.1 Å². The SMILES string of the molecule is C.C.Cc1nc(CC2CC(Cn3nccc3C(F)(F)F)C2)cc2c1NC(=O)[C@H](C(C)C)N2C.S. The third-order valence-electron chi connectivity index (χ3n) is 6.45. The molecule has 1 aliphatic carbocycles. The average Bonchev–Trinajstić information content (AvgIpc) is 3.09. The molecule has 0 bridgehead atoms. The minimum absolute atomic E-state index is 0. The van der Waals surface area contributed by atoms with E-state index in [1.165, 1.54) is 6.20 Å². The lowest BCUT2D eigenvalue weighted by atomic mass is 9.72. The first-order valence-corrected chi connectivity index (χ1v) is 10.7. The van der Waals surface area contributed by atoms with Crippen LogP contribution in [-0.4, -0.2) is 33.8 Å². The van der Waals surface area contributed by atoms with Gasteiger partial charge in [-0.1, -0.05) is 28.7 Å². The third kappa shape index (κ3) is 5.70. The highest BCUT2D eigenvalue weighted by Gasteiger charge is 2.38. The number of hydrogen-bond donors (Lipinski definition) is 1. The van der Waals surface area contributed by atoms with Crippen LogP contribution in [0.2, 0.25) is 0 Å². The summed E-state index contributed by atoms with van der Waals surface area (Å²) in [5.41, 5.74) is 2.80. The number of anilines is 2. The molecule has 2 aliphatic rings. The molecule has 2 aromatic heterocycles. The van der Waals surface area contributed by atoms with Crippen LogP contribution in [0.5, 0.6) is 0 Å². The monoisotopic (exact) mass is 501 g/mol. The summed E-state index contributed by atoms with van der Waals surface area (Å²) in [5.74, 6) is 0.744. The lowest BCUT2D eigenvalue weighted by Gasteiger charge is -2.39. The molecule has 0 aromatic carbocycles. The maximum atomic E-state index is 13.0. The van der Waals surface area contributed by atoms with Crippen LogP contribution >= 0.6 is 13.5 Å². The molecule has 1 saturated carbocycles. The van der Waals surface area contributed by atoms with Crippen LogP contribution in [-0.2, 0) is 23.9 Å². The summed E-state index contributed by atoms with van der Waals surface area (Å²) in [6, 6.07) is 2.84. The summed E-state index contributed by atoms with van der Waals surface area (Å²) < 4.78 is 40.2. The molecule has 1 aliphatic heterocycles. The van der Waals surface area contributed by atoms with E-state index >= 15 is 0 Å². The predicted octanol–water partition coefficient (Wildman–Crippen LogP) is 5.67. The molecule has 0 spiro atoms. The summed E-state index contributed by atoms with van der Waals surface area (Å²) in [6.45, 7) is 6.24. The molecule has 2 aromatic rings. The molecule has 4 rings (SSSR count). The van der Waals surface area contributed by atoms with Crippen LogP contribution in [0.25, 0.3) is 0 Å². The minimum atomic E-state index is -4.38. The number of fused-ring (bicyclic) bond motifs is 1. The zero-order valence-corrected chi connectivity index (χ0v) is 19.7. The van der Waals surface area contributed by atoms with Crippen LogP contribution in [0.3, 0.4) is 0 Å². The number of carbonyl (C=O) groups is 1. The molecule has 6 nitrogen and oxygen atoms in total. The molecule has 0 radical (unpaired) electrons. The van der Waals surface area contributed by atoms with E-state index in [4.69, 9.17) is 0 Å². The molecule has 192 valence electrons. The summed E-state index contributed by atoms with van der Waals surface area (Å²) in [7, 11) is 1.94. The maximum Gasteiger partial charge on any atom is 0.433 e. The fourth-order valence-electron chi connectivity index (χ4n) is 4.98. The van der Waals surface area contributed by atoms with Crippen molar-refractivity contribution in [3.05, 3.63) is 35.4 Å². The number of aryl methyl sites for hydroxylation is 1. The van der Waals surface area contributed by atoms with Gasteiger partial charge in [0.05, 0.1) is 17.1 Å². The number of hydrogen-bond acceptors (Lipinski definition) is 4. The fourth-order valence-corrected chi connectivity index (χ4v) is 4.98. The molecule has 10 heteroatoms. The standard InChI is InChI=1S/C22H28F3N5O.2CH4.H2S/c1-12(2)20-21(31)28-19-13(3)27-16(10-17(19)29(20)4)9-14-7-15(8-14)11-30-18(5-6-26-30)22(23,24)25;;;/h5-6,10,12,14-15,20H,7-9,11H2,1-4H3,(H,28,31);2*1H4;1H2/t14?,15?,20-;;;/m0.../s1. The summed E-state index contributed by atoms with van der Waals surface area (Å²) >= 11 is 0. The van der Waals surface area contributed by atoms with Crippen molar-refractivity contribution in [3.8, 4) is 0 Å². The molecular formula is C24H38F3N5OS. The second-order valence-corrected chi connectivity index (χ2v) is 9.19. The van der Waals surface area contributed by atoms with E-state index < -0.39 is 11.9 Å². The quantitative estimate of drug-likeness (QED) is 0.573. The molecule has 1 atom stereocenters. The maximum absolute atomic E-state index is 13.0. The Bertz CT molecular complexity index is 985. The summed E-state index contributed by atoms with van der Waals surface area (Å²) in [6.07, 6.45) is -0.672. The number of amides is 1. The van der Waals surface area contributed by atoms with Crippen molar-refractivity contribution < 1.29 is 18.0 Å². The number of halogens is 3. The van der Waals surface area contributed by atoms with Gasteiger partial charge >= 0.3 is 6.18 Å². The zero-order valence-electron chi connectivity index (χ0n) is 18.7. The van der Waals surface area contributed by atoms with Gasteiger partial charge in [-0.25, -0.2) is 0 Å². The van der Waals surface area contributed by atoms with E-state index in [0.29, 0.717) is 12.5 Å². The van der Waals surface area contributed by atoms with E-state index in [2.05, 4.69) is 15.4 Å². The third-order valence-corrected chi connectivity index (χ3v) is 6.45. The smallest absolute Gasteiger partial charge is 0.361 e. The van der Waals surface area contributed by atoms with Crippen molar-refractivity contribution in [2.24, 2.45) is 17.8 Å². The van der Waals surface area contributed by atoms with Crippen molar-refractivity contribution >= 4 is 30.8 Å². The van der Waals surface area contributed by atoms with Gasteiger partial charge in [-0.05, 0) is 56.1 Å². The summed E-state index contributed by atoms with van der Waals surface area (Å²) in [4.78, 5) is 19.2. The van der Waals surface area contributed by atoms with E-state index in [1.54, 1.807) is 0 Å². The van der Waals surface area contributed by atoms with Gasteiger partial charge in [-0.2, -0.15) is 31.8 Å². The normalized spacial score (nSPS) is 21.5. The first kappa shape index (κ1) is 29.8.